The number of carbonyl (C=O) groups is 2. The SMILES string of the molecule is CCCC[C@H](NC(=O)C1(c2ccc(F)cc2)CCOCC1)C(=O)O. The van der Waals surface area contributed by atoms with E-state index in [4.69, 9.17) is 4.74 Å². The maximum Gasteiger partial charge on any atom is 0.326 e. The quantitative estimate of drug-likeness (QED) is 0.802. The number of hydrogen-bond acceptors (Lipinski definition) is 3. The van der Waals surface area contributed by atoms with Gasteiger partial charge in [-0.05, 0) is 37.0 Å². The van der Waals surface area contributed by atoms with Gasteiger partial charge < -0.3 is 15.2 Å². The Morgan fingerprint density at radius 3 is 2.46 bits per heavy atom. The van der Waals surface area contributed by atoms with Crippen LogP contribution in [0.3, 0.4) is 0 Å². The Balaban J connectivity index is 2.24. The first-order valence-electron chi connectivity index (χ1n) is 8.37. The second-order valence-corrected chi connectivity index (χ2v) is 6.21. The van der Waals surface area contributed by atoms with Crippen LogP contribution in [0.1, 0.15) is 44.6 Å². The van der Waals surface area contributed by atoms with Gasteiger partial charge in [0, 0.05) is 13.2 Å². The lowest BCUT2D eigenvalue weighted by Gasteiger charge is -2.37. The zero-order valence-electron chi connectivity index (χ0n) is 13.9. The molecule has 6 heteroatoms. The highest BCUT2D eigenvalue weighted by atomic mass is 19.1. The van der Waals surface area contributed by atoms with Crippen molar-refractivity contribution in [2.24, 2.45) is 0 Å². The lowest BCUT2D eigenvalue weighted by molar-refractivity contribution is -0.144. The molecule has 1 fully saturated rings. The molecule has 1 atom stereocenters. The third-order valence-corrected chi connectivity index (χ3v) is 4.63. The summed E-state index contributed by atoms with van der Waals surface area (Å²) >= 11 is 0. The van der Waals surface area contributed by atoms with Gasteiger partial charge in [-0.15, -0.1) is 0 Å². The number of carboxylic acid groups (broad SMARTS) is 1. The van der Waals surface area contributed by atoms with Crippen LogP contribution in [0.4, 0.5) is 4.39 Å². The molecular weight excluding hydrogens is 313 g/mol. The van der Waals surface area contributed by atoms with Crippen LogP contribution >= 0.6 is 0 Å². The Bertz CT molecular complexity index is 567. The van der Waals surface area contributed by atoms with Crippen LogP contribution in [0.15, 0.2) is 24.3 Å². The summed E-state index contributed by atoms with van der Waals surface area (Å²) in [4.78, 5) is 24.4. The summed E-state index contributed by atoms with van der Waals surface area (Å²) in [6.07, 6.45) is 2.88. The molecule has 2 rings (SSSR count). The minimum atomic E-state index is -1.03. The van der Waals surface area contributed by atoms with Gasteiger partial charge in [-0.3, -0.25) is 4.79 Å². The number of amides is 1. The van der Waals surface area contributed by atoms with Crippen molar-refractivity contribution in [1.82, 2.24) is 5.32 Å². The van der Waals surface area contributed by atoms with Crippen LogP contribution in [0.25, 0.3) is 0 Å². The standard InChI is InChI=1S/C18H24FNO4/c1-2-3-4-15(16(21)22)20-17(23)18(9-11-24-12-10-18)13-5-7-14(19)8-6-13/h5-8,15H,2-4,9-12H2,1H3,(H,20,23)(H,21,22)/t15-/m0/s1. The second-order valence-electron chi connectivity index (χ2n) is 6.21. The third-order valence-electron chi connectivity index (χ3n) is 4.63. The molecule has 1 heterocycles. The lowest BCUT2D eigenvalue weighted by atomic mass is 9.73. The Labute approximate surface area is 141 Å². The first kappa shape index (κ1) is 18.4. The number of aliphatic carboxylic acids is 1. The van der Waals surface area contributed by atoms with Crippen LogP contribution in [-0.2, 0) is 19.7 Å². The molecule has 1 aliphatic heterocycles. The molecule has 1 aromatic rings. The van der Waals surface area contributed by atoms with Crippen molar-refractivity contribution in [3.05, 3.63) is 35.6 Å². The minimum Gasteiger partial charge on any atom is -0.480 e. The number of unbranched alkanes of at least 4 members (excludes halogenated alkanes) is 1. The molecular formula is C18H24FNO4. The van der Waals surface area contributed by atoms with Crippen LogP contribution < -0.4 is 5.32 Å². The predicted molar refractivity (Wildman–Crippen MR) is 87.2 cm³/mol. The summed E-state index contributed by atoms with van der Waals surface area (Å²) < 4.78 is 18.6. The Morgan fingerprint density at radius 2 is 1.92 bits per heavy atom. The van der Waals surface area contributed by atoms with Crippen molar-refractivity contribution in [3.8, 4) is 0 Å². The van der Waals surface area contributed by atoms with E-state index in [2.05, 4.69) is 5.32 Å². The van der Waals surface area contributed by atoms with Gasteiger partial charge in [0.1, 0.15) is 11.9 Å². The van der Waals surface area contributed by atoms with Gasteiger partial charge in [0.15, 0.2) is 0 Å². The van der Waals surface area contributed by atoms with Gasteiger partial charge >= 0.3 is 5.97 Å². The largest absolute Gasteiger partial charge is 0.480 e. The fourth-order valence-electron chi connectivity index (χ4n) is 3.10. The first-order valence-corrected chi connectivity index (χ1v) is 8.37. The normalized spacial score (nSPS) is 17.9. The van der Waals surface area contributed by atoms with E-state index in [0.717, 1.165) is 12.8 Å². The van der Waals surface area contributed by atoms with Crippen molar-refractivity contribution in [2.75, 3.05) is 13.2 Å². The van der Waals surface area contributed by atoms with E-state index in [1.54, 1.807) is 12.1 Å². The summed E-state index contributed by atoms with van der Waals surface area (Å²) in [7, 11) is 0. The van der Waals surface area contributed by atoms with Gasteiger partial charge in [0.25, 0.3) is 0 Å². The molecule has 24 heavy (non-hydrogen) atoms. The van der Waals surface area contributed by atoms with E-state index >= 15 is 0 Å². The van der Waals surface area contributed by atoms with E-state index in [9.17, 15) is 19.1 Å². The molecule has 0 bridgehead atoms. The molecule has 0 unspecified atom stereocenters. The van der Waals surface area contributed by atoms with Crippen LogP contribution in [0, 0.1) is 5.82 Å². The highest BCUT2D eigenvalue weighted by molar-refractivity contribution is 5.91. The monoisotopic (exact) mass is 337 g/mol. The van der Waals surface area contributed by atoms with Crippen molar-refractivity contribution in [1.29, 1.82) is 0 Å². The molecule has 1 amide bonds. The lowest BCUT2D eigenvalue weighted by Crippen LogP contribution is -2.52. The minimum absolute atomic E-state index is 0.319. The average Bonchev–Trinajstić information content (AvgIpc) is 2.59. The van der Waals surface area contributed by atoms with Crippen molar-refractivity contribution >= 4 is 11.9 Å². The maximum absolute atomic E-state index is 13.2. The van der Waals surface area contributed by atoms with Crippen molar-refractivity contribution in [3.63, 3.8) is 0 Å². The first-order chi connectivity index (χ1) is 11.5. The summed E-state index contributed by atoms with van der Waals surface area (Å²) in [5, 5.41) is 12.0. The highest BCUT2D eigenvalue weighted by Crippen LogP contribution is 2.35. The van der Waals surface area contributed by atoms with Gasteiger partial charge in [-0.2, -0.15) is 0 Å². The summed E-state index contributed by atoms with van der Waals surface area (Å²) in [6.45, 7) is 2.80. The number of hydrogen-bond donors (Lipinski definition) is 2. The molecule has 0 saturated carbocycles. The van der Waals surface area contributed by atoms with E-state index < -0.39 is 17.4 Å². The van der Waals surface area contributed by atoms with Gasteiger partial charge in [-0.25, -0.2) is 9.18 Å². The molecule has 0 aliphatic carbocycles. The second kappa shape index (κ2) is 8.24. The van der Waals surface area contributed by atoms with E-state index in [1.807, 2.05) is 6.92 Å². The molecule has 1 saturated heterocycles. The predicted octanol–water partition coefficient (Wildman–Crippen LogP) is 2.63. The Hall–Kier alpha value is -1.95. The molecule has 0 aromatic heterocycles. The highest BCUT2D eigenvalue weighted by Gasteiger charge is 2.42. The summed E-state index contributed by atoms with van der Waals surface area (Å²) in [5.41, 5.74) is -0.171. The number of carbonyl (C=O) groups excluding carboxylic acids is 1. The average molecular weight is 337 g/mol. The molecule has 132 valence electrons. The number of rotatable bonds is 7. The molecule has 1 aromatic carbocycles. The molecule has 2 N–H and O–H groups in total. The van der Waals surface area contributed by atoms with E-state index in [-0.39, 0.29) is 11.7 Å². The van der Waals surface area contributed by atoms with Gasteiger partial charge in [0.2, 0.25) is 5.91 Å². The molecule has 1 aliphatic rings. The zero-order chi connectivity index (χ0) is 17.6. The maximum atomic E-state index is 13.2. The Morgan fingerprint density at radius 1 is 1.29 bits per heavy atom. The number of benzene rings is 1. The van der Waals surface area contributed by atoms with Crippen molar-refractivity contribution < 1.29 is 23.8 Å². The number of ether oxygens (including phenoxy) is 1. The van der Waals surface area contributed by atoms with Gasteiger partial charge in [-0.1, -0.05) is 31.9 Å². The van der Waals surface area contributed by atoms with E-state index in [0.29, 0.717) is 38.0 Å². The fraction of sp³-hybridized carbons (Fsp3) is 0.556. The summed E-state index contributed by atoms with van der Waals surface area (Å²) in [5.74, 6) is -1.72. The summed E-state index contributed by atoms with van der Waals surface area (Å²) in [6, 6.07) is 4.94. The molecule has 5 nitrogen and oxygen atoms in total. The number of carboxylic acids is 1. The van der Waals surface area contributed by atoms with E-state index in [1.165, 1.54) is 12.1 Å². The topological polar surface area (TPSA) is 75.6 Å². The Kier molecular flexibility index (Phi) is 6.31. The fourth-order valence-corrected chi connectivity index (χ4v) is 3.10. The van der Waals surface area contributed by atoms with Gasteiger partial charge in [0.05, 0.1) is 5.41 Å². The number of nitrogens with one attached hydrogen (secondary N) is 1. The third kappa shape index (κ3) is 4.12. The van der Waals surface area contributed by atoms with Crippen LogP contribution in [0.2, 0.25) is 0 Å². The molecule has 0 radical (unpaired) electrons. The van der Waals surface area contributed by atoms with Crippen molar-refractivity contribution in [2.45, 2.75) is 50.5 Å². The zero-order valence-corrected chi connectivity index (χ0v) is 13.9. The molecule has 0 spiro atoms. The van der Waals surface area contributed by atoms with Crippen LogP contribution in [0.5, 0.6) is 0 Å². The smallest absolute Gasteiger partial charge is 0.326 e. The number of halogens is 1. The van der Waals surface area contributed by atoms with Crippen LogP contribution in [-0.4, -0.2) is 36.2 Å².